The molecular weight excluding hydrogens is 1000 g/mol. The number of para-hydroxylation sites is 1. The Balaban J connectivity index is 1.78. The van der Waals surface area contributed by atoms with E-state index in [1.165, 1.54) is 13.2 Å². The fraction of sp³-hybridized carbons (Fsp3) is 0.490. The molecule has 0 bridgehead atoms. The van der Waals surface area contributed by atoms with Crippen molar-refractivity contribution in [3.63, 3.8) is 0 Å². The van der Waals surface area contributed by atoms with Gasteiger partial charge in [0.15, 0.2) is 11.9 Å². The SMILES string of the molecule is CC(=O)NC(CCCN=C(N)N)C(=O)NC1CCC(=O)NCCCC(C(N)=O)NC(=O)C(Cc2c[nH]c3ccccc23)NC(=O)C(CCCN=C(N)N)NC(=O)C(Cc2ccccc2)NC(=O)C(CCS(C)=O)NC1=O. The Kier molecular flexibility index (Phi) is 24.6. The number of hydrogen-bond acceptors (Lipinski definition) is 12. The Morgan fingerprint density at radius 1 is 0.711 bits per heavy atom. The average Bonchev–Trinajstić information content (AvgIpc) is 3.78. The highest BCUT2D eigenvalue weighted by molar-refractivity contribution is 7.84. The van der Waals surface area contributed by atoms with Gasteiger partial charge < -0.3 is 76.2 Å². The van der Waals surface area contributed by atoms with E-state index in [4.69, 9.17) is 28.7 Å². The number of nitrogens with zero attached hydrogens (tertiary/aromatic N) is 2. The molecule has 1 fully saturated rings. The fourth-order valence-corrected chi connectivity index (χ4v) is 8.79. The van der Waals surface area contributed by atoms with E-state index < -0.39 is 106 Å². The van der Waals surface area contributed by atoms with Gasteiger partial charge in [-0.15, -0.1) is 0 Å². The van der Waals surface area contributed by atoms with Crippen molar-refractivity contribution in [1.29, 1.82) is 0 Å². The molecule has 1 aliphatic heterocycles. The summed E-state index contributed by atoms with van der Waals surface area (Å²) in [7, 11) is -1.49. The van der Waals surface area contributed by atoms with Crippen molar-refractivity contribution in [2.24, 2.45) is 38.7 Å². The van der Waals surface area contributed by atoms with Crippen molar-refractivity contribution in [3.8, 4) is 0 Å². The van der Waals surface area contributed by atoms with Gasteiger partial charge in [0.2, 0.25) is 53.2 Å². The van der Waals surface area contributed by atoms with Crippen LogP contribution in [0.3, 0.4) is 0 Å². The summed E-state index contributed by atoms with van der Waals surface area (Å²) < 4.78 is 12.5. The van der Waals surface area contributed by atoms with E-state index in [1.807, 2.05) is 18.2 Å². The number of H-pyrrole nitrogens is 1. The highest BCUT2D eigenvalue weighted by atomic mass is 32.2. The smallest absolute Gasteiger partial charge is 0.243 e. The second-order valence-electron chi connectivity index (χ2n) is 18.3. The first kappa shape index (κ1) is 60.5. The van der Waals surface area contributed by atoms with Gasteiger partial charge in [-0.1, -0.05) is 48.5 Å². The maximum absolute atomic E-state index is 14.6. The Labute approximate surface area is 442 Å². The number of carbonyl (C=O) groups is 9. The minimum Gasteiger partial charge on any atom is -0.370 e. The van der Waals surface area contributed by atoms with Crippen molar-refractivity contribution in [2.75, 3.05) is 31.6 Å². The van der Waals surface area contributed by atoms with Crippen molar-refractivity contribution in [3.05, 3.63) is 71.9 Å². The summed E-state index contributed by atoms with van der Waals surface area (Å²) in [5, 5.41) is 22.0. The molecule has 1 aliphatic rings. The van der Waals surface area contributed by atoms with E-state index in [1.54, 1.807) is 42.6 Å². The van der Waals surface area contributed by atoms with Crippen LogP contribution in [-0.2, 0) is 66.8 Å². The van der Waals surface area contributed by atoms with E-state index in [0.717, 1.165) is 10.9 Å². The number of nitrogens with one attached hydrogen (secondary N) is 9. The van der Waals surface area contributed by atoms with Gasteiger partial charge in [-0.2, -0.15) is 0 Å². The highest BCUT2D eigenvalue weighted by Crippen LogP contribution is 2.20. The molecule has 19 N–H and O–H groups in total. The van der Waals surface area contributed by atoms with Crippen LogP contribution in [0, 0.1) is 0 Å². The predicted octanol–water partition coefficient (Wildman–Crippen LogP) is -3.58. The molecule has 9 amide bonds. The number of aromatic nitrogens is 1. The topological polar surface area (TPSA) is 438 Å². The summed E-state index contributed by atoms with van der Waals surface area (Å²) in [6.07, 6.45) is 2.33. The van der Waals surface area contributed by atoms with Gasteiger partial charge in [0.1, 0.15) is 42.3 Å². The van der Waals surface area contributed by atoms with Gasteiger partial charge in [-0.05, 0) is 68.6 Å². The van der Waals surface area contributed by atoms with Crippen molar-refractivity contribution < 1.29 is 47.4 Å². The molecule has 0 radical (unpaired) electrons. The molecule has 2 heterocycles. The molecule has 1 aromatic heterocycles. The zero-order valence-corrected chi connectivity index (χ0v) is 43.5. The Morgan fingerprint density at radius 2 is 1.29 bits per heavy atom. The summed E-state index contributed by atoms with van der Waals surface area (Å²) in [6.45, 7) is 1.32. The van der Waals surface area contributed by atoms with Crippen LogP contribution in [0.1, 0.15) is 75.8 Å². The van der Waals surface area contributed by atoms with Crippen LogP contribution >= 0.6 is 0 Å². The quantitative estimate of drug-likeness (QED) is 0.0314. The largest absolute Gasteiger partial charge is 0.370 e. The van der Waals surface area contributed by atoms with Crippen LogP contribution in [0.4, 0.5) is 0 Å². The molecular formula is C49H72N16O10S. The van der Waals surface area contributed by atoms with E-state index in [9.17, 15) is 47.4 Å². The first-order valence-electron chi connectivity index (χ1n) is 24.9. The van der Waals surface area contributed by atoms with Gasteiger partial charge in [-0.3, -0.25) is 57.3 Å². The number of guanidine groups is 2. The molecule has 4 rings (SSSR count). The molecule has 8 unspecified atom stereocenters. The normalized spacial score (nSPS) is 21.4. The van der Waals surface area contributed by atoms with Crippen molar-refractivity contribution in [2.45, 2.75) is 120 Å². The Morgan fingerprint density at radius 3 is 1.93 bits per heavy atom. The van der Waals surface area contributed by atoms with E-state index in [-0.39, 0.29) is 108 Å². The number of rotatable bonds is 19. The maximum atomic E-state index is 14.6. The lowest BCUT2D eigenvalue weighted by Gasteiger charge is -2.28. The van der Waals surface area contributed by atoms with Gasteiger partial charge >= 0.3 is 0 Å². The van der Waals surface area contributed by atoms with Crippen molar-refractivity contribution >= 4 is 86.8 Å². The van der Waals surface area contributed by atoms with Gasteiger partial charge in [0.25, 0.3) is 0 Å². The first-order valence-corrected chi connectivity index (χ1v) is 26.6. The lowest BCUT2D eigenvalue weighted by molar-refractivity contribution is -0.136. The molecule has 414 valence electrons. The number of amides is 9. The summed E-state index contributed by atoms with van der Waals surface area (Å²) >= 11 is 0. The van der Waals surface area contributed by atoms with Crippen LogP contribution in [0.2, 0.25) is 0 Å². The molecule has 26 nitrogen and oxygen atoms in total. The number of fused-ring (bicyclic) bond motifs is 1. The Bertz CT molecular complexity index is 2590. The number of hydrogen-bond donors (Lipinski definition) is 14. The highest BCUT2D eigenvalue weighted by Gasteiger charge is 2.35. The molecule has 3 aromatic rings. The number of aliphatic imine (C=N–C) groups is 2. The molecule has 0 aliphatic carbocycles. The number of primary amides is 1. The van der Waals surface area contributed by atoms with Crippen LogP contribution in [0.5, 0.6) is 0 Å². The maximum Gasteiger partial charge on any atom is 0.243 e. The van der Waals surface area contributed by atoms with Crippen LogP contribution in [0.25, 0.3) is 10.9 Å². The predicted molar refractivity (Wildman–Crippen MR) is 285 cm³/mol. The zero-order chi connectivity index (χ0) is 55.7. The third kappa shape index (κ3) is 21.0. The molecule has 0 spiro atoms. The van der Waals surface area contributed by atoms with E-state index in [2.05, 4.69) is 57.5 Å². The zero-order valence-electron chi connectivity index (χ0n) is 42.7. The van der Waals surface area contributed by atoms with Gasteiger partial charge in [0, 0.05) is 85.7 Å². The van der Waals surface area contributed by atoms with Crippen LogP contribution in [0.15, 0.2) is 70.8 Å². The average molecular weight is 1080 g/mol. The summed E-state index contributed by atoms with van der Waals surface area (Å²) in [4.78, 5) is 136. The molecule has 2 aromatic carbocycles. The fourth-order valence-electron chi connectivity index (χ4n) is 8.22. The summed E-state index contributed by atoms with van der Waals surface area (Å²) in [5.74, 6) is -7.67. The number of nitrogens with two attached hydrogens (primary N) is 5. The number of carbonyl (C=O) groups excluding carboxylic acids is 9. The minimum atomic E-state index is -1.51. The summed E-state index contributed by atoms with van der Waals surface area (Å²) in [6, 6.07) is 6.21. The second-order valence-corrected chi connectivity index (χ2v) is 19.8. The third-order valence-corrected chi connectivity index (χ3v) is 12.9. The molecule has 1 saturated heterocycles. The third-order valence-electron chi connectivity index (χ3n) is 12.1. The standard InChI is InChI=1S/C49H72N16O10S/c1-28(66)59-34(16-9-22-56-48(51)52)42(69)62-36-18-19-40(67)55-21-8-15-33(41(50)68)60-47(74)39(26-30-27-58-32-14-7-6-13-31(30)32)65-43(70)35(17-10-23-57-49(53)54)61-46(73)38(25-29-11-4-3-5-12-29)64-45(72)37(63-44(36)71)20-24-76(2)75/h3-7,11-14,27,33-39,58H,8-10,15-26H2,1-2H3,(H2,50,68)(H,55,67)(H,59,66)(H,60,74)(H,61,73)(H,62,69)(H,63,71)(H,64,72)(H,65,70)(H4,51,52,56)(H4,53,54,57). The van der Waals surface area contributed by atoms with Crippen molar-refractivity contribution in [1.82, 2.24) is 47.5 Å². The summed E-state index contributed by atoms with van der Waals surface area (Å²) in [5.41, 5.74) is 29.7. The molecule has 8 atom stereocenters. The van der Waals surface area contributed by atoms with Crippen LogP contribution in [-0.4, -0.2) is 148 Å². The number of benzene rings is 2. The van der Waals surface area contributed by atoms with E-state index in [0.29, 0.717) is 11.1 Å². The van der Waals surface area contributed by atoms with Gasteiger partial charge in [-0.25, -0.2) is 0 Å². The van der Waals surface area contributed by atoms with Crippen LogP contribution < -0.4 is 71.2 Å². The Hall–Kier alpha value is -8.10. The number of aromatic amines is 1. The molecule has 27 heteroatoms. The first-order chi connectivity index (χ1) is 36.2. The monoisotopic (exact) mass is 1080 g/mol. The van der Waals surface area contributed by atoms with E-state index >= 15 is 0 Å². The van der Waals surface area contributed by atoms with Gasteiger partial charge in [0.05, 0.1) is 0 Å². The lowest BCUT2D eigenvalue weighted by Crippen LogP contribution is -2.60. The molecule has 76 heavy (non-hydrogen) atoms. The second kappa shape index (κ2) is 30.9. The minimum absolute atomic E-state index is 0.0284. The molecule has 0 saturated carbocycles. The lowest BCUT2D eigenvalue weighted by atomic mass is 10.0.